The highest BCUT2D eigenvalue weighted by Gasteiger charge is 2.23. The number of benzene rings is 1. The Balaban J connectivity index is 1.62. The maximum atomic E-state index is 9.34. The lowest BCUT2D eigenvalue weighted by atomic mass is 10.0. The third-order valence-electron chi connectivity index (χ3n) is 4.35. The first kappa shape index (κ1) is 21.7. The monoisotopic (exact) mass is 419 g/mol. The zero-order chi connectivity index (χ0) is 20.8. The van der Waals surface area contributed by atoms with Crippen LogP contribution in [-0.4, -0.2) is 57.2 Å². The maximum Gasteiger partial charge on any atom is 0.258 e. The number of nitrogens with zero attached hydrogens (tertiary/aromatic N) is 2. The molecule has 3 unspecified atom stereocenters. The van der Waals surface area contributed by atoms with Gasteiger partial charge in [-0.3, -0.25) is 0 Å². The molecule has 1 aromatic heterocycles. The number of hydrogen-bond donors (Lipinski definition) is 3. The molecule has 0 spiro atoms. The topological polar surface area (TPSA) is 101 Å². The summed E-state index contributed by atoms with van der Waals surface area (Å²) in [6.07, 6.45) is 4.85. The molecule has 0 bridgehead atoms. The molecule has 0 radical (unpaired) electrons. The van der Waals surface area contributed by atoms with Gasteiger partial charge in [0.15, 0.2) is 0 Å². The maximum absolute atomic E-state index is 9.34. The number of aliphatic hydroxyl groups excluding tert-OH is 2. The molecule has 1 aromatic carbocycles. The van der Waals surface area contributed by atoms with E-state index in [0.29, 0.717) is 24.8 Å². The molecule has 2 aromatic rings. The molecule has 0 saturated heterocycles. The average Bonchev–Trinajstić information content (AvgIpc) is 3.20. The second-order valence-corrected chi connectivity index (χ2v) is 7.67. The van der Waals surface area contributed by atoms with E-state index in [1.165, 1.54) is 0 Å². The van der Waals surface area contributed by atoms with Crippen molar-refractivity contribution in [2.45, 2.75) is 44.1 Å². The van der Waals surface area contributed by atoms with Crippen LogP contribution in [0.3, 0.4) is 0 Å². The summed E-state index contributed by atoms with van der Waals surface area (Å²) in [7, 11) is 0. The van der Waals surface area contributed by atoms with Crippen molar-refractivity contribution in [3.63, 3.8) is 0 Å². The van der Waals surface area contributed by atoms with Crippen molar-refractivity contribution >= 4 is 17.2 Å². The first-order valence-corrected chi connectivity index (χ1v) is 10.0. The molecular formula is C21H26ClN3O4. The minimum Gasteiger partial charge on any atom is -0.394 e. The highest BCUT2D eigenvalue weighted by atomic mass is 35.5. The van der Waals surface area contributed by atoms with Crippen molar-refractivity contribution < 1.29 is 19.5 Å². The molecule has 3 N–H and O–H groups in total. The third-order valence-corrected chi connectivity index (χ3v) is 4.73. The van der Waals surface area contributed by atoms with Crippen LogP contribution in [-0.2, 0) is 11.3 Å². The highest BCUT2D eigenvalue weighted by molar-refractivity contribution is 6.23. The van der Waals surface area contributed by atoms with Gasteiger partial charge in [0.2, 0.25) is 5.82 Å². The zero-order valence-corrected chi connectivity index (χ0v) is 17.2. The number of rotatable bonds is 9. The minimum atomic E-state index is -0.756. The molecule has 3 rings (SSSR count). The Labute approximate surface area is 175 Å². The third kappa shape index (κ3) is 5.98. The van der Waals surface area contributed by atoms with E-state index in [9.17, 15) is 5.11 Å². The van der Waals surface area contributed by atoms with Crippen LogP contribution in [0.2, 0.25) is 0 Å². The number of halogens is 1. The predicted molar refractivity (Wildman–Crippen MR) is 111 cm³/mol. The summed E-state index contributed by atoms with van der Waals surface area (Å²) in [6, 6.07) is 7.69. The average molecular weight is 420 g/mol. The van der Waals surface area contributed by atoms with Crippen LogP contribution in [0.25, 0.3) is 17.0 Å². The number of alkyl halides is 1. The molecule has 0 fully saturated rings. The van der Waals surface area contributed by atoms with Gasteiger partial charge in [-0.1, -0.05) is 35.5 Å². The van der Waals surface area contributed by atoms with E-state index in [-0.39, 0.29) is 24.2 Å². The molecule has 0 saturated carbocycles. The Morgan fingerprint density at radius 1 is 1.28 bits per heavy atom. The van der Waals surface area contributed by atoms with Crippen LogP contribution in [0.1, 0.15) is 25.2 Å². The molecule has 7 nitrogen and oxygen atoms in total. The highest BCUT2D eigenvalue weighted by Crippen LogP contribution is 2.27. The van der Waals surface area contributed by atoms with Crippen molar-refractivity contribution in [1.82, 2.24) is 15.5 Å². The van der Waals surface area contributed by atoms with Crippen molar-refractivity contribution in [3.8, 4) is 11.5 Å². The van der Waals surface area contributed by atoms with E-state index in [4.69, 9.17) is 26.0 Å². The number of ether oxygens (including phenoxy) is 1. The van der Waals surface area contributed by atoms with Gasteiger partial charge in [0.1, 0.15) is 0 Å². The summed E-state index contributed by atoms with van der Waals surface area (Å²) in [5, 5.41) is 25.0. The minimum absolute atomic E-state index is 0.0931. The quantitative estimate of drug-likeness (QED) is 0.537. The van der Waals surface area contributed by atoms with Gasteiger partial charge >= 0.3 is 0 Å². The van der Waals surface area contributed by atoms with Gasteiger partial charge in [-0.2, -0.15) is 4.98 Å². The second-order valence-electron chi connectivity index (χ2n) is 7.16. The summed E-state index contributed by atoms with van der Waals surface area (Å²) >= 11 is 6.41. The van der Waals surface area contributed by atoms with Crippen LogP contribution in [0.4, 0.5) is 0 Å². The molecule has 1 heterocycles. The van der Waals surface area contributed by atoms with Crippen LogP contribution < -0.4 is 5.32 Å². The molecule has 3 atom stereocenters. The van der Waals surface area contributed by atoms with Crippen molar-refractivity contribution in [2.75, 3.05) is 13.2 Å². The van der Waals surface area contributed by atoms with Gasteiger partial charge in [0, 0.05) is 24.2 Å². The van der Waals surface area contributed by atoms with E-state index >= 15 is 0 Å². The van der Waals surface area contributed by atoms with Gasteiger partial charge in [-0.25, -0.2) is 0 Å². The lowest BCUT2D eigenvalue weighted by Gasteiger charge is -2.23. The van der Waals surface area contributed by atoms with E-state index in [1.807, 2.05) is 56.3 Å². The Hall–Kier alpha value is -2.03. The van der Waals surface area contributed by atoms with E-state index < -0.39 is 6.10 Å². The number of allylic oxidation sites excluding steroid dienone is 2. The zero-order valence-electron chi connectivity index (χ0n) is 16.5. The number of aromatic nitrogens is 2. The van der Waals surface area contributed by atoms with Crippen LogP contribution >= 0.6 is 11.6 Å². The summed E-state index contributed by atoms with van der Waals surface area (Å²) in [4.78, 5) is 4.48. The van der Waals surface area contributed by atoms with Gasteiger partial charge < -0.3 is 24.8 Å². The standard InChI is InChI=1S/C21H26ClN3O4/c1-13(2)28-19-8-7-16(9-18(19)22)20-24-21(29-25-20)15-5-3-14(4-6-15)10-23-11-17(27)12-26/h3-9,13,17-19,23,26-27H,10-12H2,1-2H3. The van der Waals surface area contributed by atoms with Gasteiger partial charge in [0.05, 0.1) is 30.3 Å². The van der Waals surface area contributed by atoms with E-state index in [2.05, 4.69) is 15.5 Å². The van der Waals surface area contributed by atoms with Crippen LogP contribution in [0.15, 0.2) is 47.0 Å². The molecular weight excluding hydrogens is 394 g/mol. The molecule has 8 heteroatoms. The number of aliphatic hydroxyl groups is 2. The SMILES string of the molecule is CC(C)OC1C=CC(c2noc(-c3ccc(CNCC(O)CO)cc3)n2)=CC1Cl. The Bertz CT molecular complexity index is 848. The Kier molecular flexibility index (Phi) is 7.57. The summed E-state index contributed by atoms with van der Waals surface area (Å²) in [5.74, 6) is 0.907. The lowest BCUT2D eigenvalue weighted by Crippen LogP contribution is -2.28. The Morgan fingerprint density at radius 2 is 2.03 bits per heavy atom. The van der Waals surface area contributed by atoms with E-state index in [0.717, 1.165) is 16.7 Å². The van der Waals surface area contributed by atoms with E-state index in [1.54, 1.807) is 0 Å². The fourth-order valence-electron chi connectivity index (χ4n) is 2.88. The number of nitrogens with one attached hydrogen (secondary N) is 1. The van der Waals surface area contributed by atoms with Gasteiger partial charge in [-0.15, -0.1) is 11.6 Å². The van der Waals surface area contributed by atoms with Gasteiger partial charge in [0.25, 0.3) is 5.89 Å². The molecule has 156 valence electrons. The molecule has 1 aliphatic carbocycles. The fourth-order valence-corrected chi connectivity index (χ4v) is 3.16. The van der Waals surface area contributed by atoms with Crippen molar-refractivity contribution in [1.29, 1.82) is 0 Å². The number of hydrogen-bond acceptors (Lipinski definition) is 7. The first-order valence-electron chi connectivity index (χ1n) is 9.59. The lowest BCUT2D eigenvalue weighted by molar-refractivity contribution is 0.0388. The summed E-state index contributed by atoms with van der Waals surface area (Å²) in [5.41, 5.74) is 2.65. The van der Waals surface area contributed by atoms with Crippen molar-refractivity contribution in [3.05, 3.63) is 53.9 Å². The predicted octanol–water partition coefficient (Wildman–Crippen LogP) is 2.53. The largest absolute Gasteiger partial charge is 0.394 e. The second kappa shape index (κ2) is 10.1. The van der Waals surface area contributed by atoms with Gasteiger partial charge in [-0.05, 0) is 31.5 Å². The van der Waals surface area contributed by atoms with Crippen molar-refractivity contribution in [2.24, 2.45) is 0 Å². The summed E-state index contributed by atoms with van der Waals surface area (Å²) < 4.78 is 11.2. The first-order chi connectivity index (χ1) is 14.0. The molecule has 29 heavy (non-hydrogen) atoms. The van der Waals surface area contributed by atoms with Crippen LogP contribution in [0.5, 0.6) is 0 Å². The fraction of sp³-hybridized carbons (Fsp3) is 0.429. The Morgan fingerprint density at radius 3 is 2.69 bits per heavy atom. The van der Waals surface area contributed by atoms with Crippen LogP contribution in [0, 0.1) is 0 Å². The summed E-state index contributed by atoms with van der Waals surface area (Å²) in [6.45, 7) is 4.61. The molecule has 1 aliphatic rings. The normalized spacial score (nSPS) is 20.1. The smallest absolute Gasteiger partial charge is 0.258 e. The molecule has 0 amide bonds. The molecule has 0 aliphatic heterocycles.